The van der Waals surface area contributed by atoms with E-state index in [9.17, 15) is 9.90 Å². The first-order valence-electron chi connectivity index (χ1n) is 8.69. The van der Waals surface area contributed by atoms with Crippen molar-refractivity contribution in [1.82, 2.24) is 15.1 Å². The number of benzene rings is 2. The fourth-order valence-corrected chi connectivity index (χ4v) is 2.91. The summed E-state index contributed by atoms with van der Waals surface area (Å²) in [6, 6.07) is 18.8. The normalized spacial score (nSPS) is 12.0. The lowest BCUT2D eigenvalue weighted by molar-refractivity contribution is 0.0942. The molecule has 0 fully saturated rings. The number of amides is 1. The SMILES string of the molecule is Cc1cc(C)n(-c2ccc(C(=O)NCCC(O)c3ccccc3)cc2)n1. The molecule has 0 saturated carbocycles. The van der Waals surface area contributed by atoms with Gasteiger partial charge in [-0.2, -0.15) is 5.10 Å². The molecule has 5 nitrogen and oxygen atoms in total. The quantitative estimate of drug-likeness (QED) is 0.717. The minimum atomic E-state index is -0.579. The van der Waals surface area contributed by atoms with Crippen LogP contribution in [0.15, 0.2) is 60.7 Å². The number of nitrogens with one attached hydrogen (secondary N) is 1. The number of nitrogens with zero attached hydrogens (tertiary/aromatic N) is 2. The maximum atomic E-state index is 12.3. The van der Waals surface area contributed by atoms with E-state index in [1.807, 2.05) is 67.1 Å². The van der Waals surface area contributed by atoms with E-state index < -0.39 is 6.10 Å². The Labute approximate surface area is 153 Å². The molecule has 0 radical (unpaired) electrons. The smallest absolute Gasteiger partial charge is 0.251 e. The van der Waals surface area contributed by atoms with Gasteiger partial charge >= 0.3 is 0 Å². The Hall–Kier alpha value is -2.92. The molecule has 0 saturated heterocycles. The van der Waals surface area contributed by atoms with E-state index in [1.165, 1.54) is 0 Å². The number of aryl methyl sites for hydroxylation is 2. The maximum Gasteiger partial charge on any atom is 0.251 e. The Kier molecular flexibility index (Phi) is 5.49. The van der Waals surface area contributed by atoms with Crippen LogP contribution >= 0.6 is 0 Å². The summed E-state index contributed by atoms with van der Waals surface area (Å²) in [7, 11) is 0. The van der Waals surface area contributed by atoms with Crippen molar-refractivity contribution < 1.29 is 9.90 Å². The number of rotatable bonds is 6. The second-order valence-electron chi connectivity index (χ2n) is 6.36. The lowest BCUT2D eigenvalue weighted by Crippen LogP contribution is -2.25. The lowest BCUT2D eigenvalue weighted by Gasteiger charge is -2.12. The van der Waals surface area contributed by atoms with Gasteiger partial charge in [0.05, 0.1) is 17.5 Å². The first kappa shape index (κ1) is 17.9. The van der Waals surface area contributed by atoms with Gasteiger partial charge in [-0.05, 0) is 56.2 Å². The highest BCUT2D eigenvalue weighted by molar-refractivity contribution is 5.94. The molecule has 2 aromatic carbocycles. The summed E-state index contributed by atoms with van der Waals surface area (Å²) in [5.74, 6) is -0.148. The average molecular weight is 349 g/mol. The van der Waals surface area contributed by atoms with E-state index in [-0.39, 0.29) is 5.91 Å². The Bertz CT molecular complexity index is 870. The van der Waals surface area contributed by atoms with Crippen LogP contribution in [0.1, 0.15) is 39.8 Å². The van der Waals surface area contributed by atoms with Crippen LogP contribution in [0.4, 0.5) is 0 Å². The van der Waals surface area contributed by atoms with Gasteiger partial charge in [0.15, 0.2) is 0 Å². The van der Waals surface area contributed by atoms with Crippen LogP contribution in [0.2, 0.25) is 0 Å². The Morgan fingerprint density at radius 1 is 1.12 bits per heavy atom. The second-order valence-corrected chi connectivity index (χ2v) is 6.36. The average Bonchev–Trinajstić information content (AvgIpc) is 3.00. The van der Waals surface area contributed by atoms with Gasteiger partial charge in [0.25, 0.3) is 5.91 Å². The van der Waals surface area contributed by atoms with E-state index >= 15 is 0 Å². The molecule has 26 heavy (non-hydrogen) atoms. The van der Waals surface area contributed by atoms with Crippen LogP contribution < -0.4 is 5.32 Å². The third-order valence-corrected chi connectivity index (χ3v) is 4.27. The van der Waals surface area contributed by atoms with Crippen molar-refractivity contribution in [3.05, 3.63) is 83.2 Å². The summed E-state index contributed by atoms with van der Waals surface area (Å²) in [6.07, 6.45) is -0.107. The topological polar surface area (TPSA) is 67.2 Å². The fraction of sp³-hybridized carbons (Fsp3) is 0.238. The molecule has 1 heterocycles. The Morgan fingerprint density at radius 3 is 2.42 bits per heavy atom. The molecule has 3 aromatic rings. The summed E-state index contributed by atoms with van der Waals surface area (Å²) in [4.78, 5) is 12.3. The van der Waals surface area contributed by atoms with Gasteiger partial charge in [0, 0.05) is 17.8 Å². The molecule has 0 bridgehead atoms. The molecule has 1 amide bonds. The van der Waals surface area contributed by atoms with E-state index in [0.717, 1.165) is 22.6 Å². The van der Waals surface area contributed by atoms with Gasteiger partial charge in [-0.1, -0.05) is 30.3 Å². The van der Waals surface area contributed by atoms with Crippen molar-refractivity contribution >= 4 is 5.91 Å². The van der Waals surface area contributed by atoms with E-state index in [0.29, 0.717) is 18.5 Å². The van der Waals surface area contributed by atoms with Crippen molar-refractivity contribution in [2.75, 3.05) is 6.54 Å². The number of carbonyl (C=O) groups is 1. The molecule has 1 aromatic heterocycles. The summed E-state index contributed by atoms with van der Waals surface area (Å²) < 4.78 is 1.85. The standard InChI is InChI=1S/C21H23N3O2/c1-15-14-16(2)24(23-15)19-10-8-18(9-11-19)21(26)22-13-12-20(25)17-6-4-3-5-7-17/h3-11,14,20,25H,12-13H2,1-2H3,(H,22,26). The van der Waals surface area contributed by atoms with Crippen LogP contribution in [0.3, 0.4) is 0 Å². The number of hydrogen-bond acceptors (Lipinski definition) is 3. The third-order valence-electron chi connectivity index (χ3n) is 4.27. The summed E-state index contributed by atoms with van der Waals surface area (Å²) in [5, 5.41) is 17.4. The minimum Gasteiger partial charge on any atom is -0.388 e. The van der Waals surface area contributed by atoms with E-state index in [1.54, 1.807) is 12.1 Å². The molecule has 3 rings (SSSR count). The highest BCUT2D eigenvalue weighted by Gasteiger charge is 2.10. The maximum absolute atomic E-state index is 12.3. The molecular weight excluding hydrogens is 326 g/mol. The van der Waals surface area contributed by atoms with Crippen molar-refractivity contribution in [1.29, 1.82) is 0 Å². The van der Waals surface area contributed by atoms with Crippen molar-refractivity contribution in [3.8, 4) is 5.69 Å². The molecular formula is C21H23N3O2. The summed E-state index contributed by atoms with van der Waals surface area (Å²) in [5.41, 5.74) is 4.38. The fourth-order valence-electron chi connectivity index (χ4n) is 2.91. The predicted octanol–water partition coefficient (Wildman–Crippen LogP) is 3.34. The molecule has 0 aliphatic heterocycles. The van der Waals surface area contributed by atoms with Gasteiger partial charge in [0.2, 0.25) is 0 Å². The van der Waals surface area contributed by atoms with Crippen molar-refractivity contribution in [2.24, 2.45) is 0 Å². The highest BCUT2D eigenvalue weighted by Crippen LogP contribution is 2.16. The third kappa shape index (κ3) is 4.18. The van der Waals surface area contributed by atoms with Gasteiger partial charge in [-0.25, -0.2) is 4.68 Å². The van der Waals surface area contributed by atoms with Crippen LogP contribution in [0.25, 0.3) is 5.69 Å². The predicted molar refractivity (Wildman–Crippen MR) is 101 cm³/mol. The summed E-state index contributed by atoms with van der Waals surface area (Å²) >= 11 is 0. The number of aliphatic hydroxyl groups excluding tert-OH is 1. The zero-order valence-electron chi connectivity index (χ0n) is 15.0. The van der Waals surface area contributed by atoms with Gasteiger partial charge in [-0.3, -0.25) is 4.79 Å². The number of hydrogen-bond donors (Lipinski definition) is 2. The highest BCUT2D eigenvalue weighted by atomic mass is 16.3. The van der Waals surface area contributed by atoms with Gasteiger partial charge in [-0.15, -0.1) is 0 Å². The Morgan fingerprint density at radius 2 is 1.81 bits per heavy atom. The molecule has 0 spiro atoms. The monoisotopic (exact) mass is 349 g/mol. The first-order chi connectivity index (χ1) is 12.5. The van der Waals surface area contributed by atoms with E-state index in [4.69, 9.17) is 0 Å². The van der Waals surface area contributed by atoms with Crippen LogP contribution in [0, 0.1) is 13.8 Å². The molecule has 1 unspecified atom stereocenters. The van der Waals surface area contributed by atoms with Gasteiger partial charge < -0.3 is 10.4 Å². The zero-order valence-corrected chi connectivity index (χ0v) is 15.0. The molecule has 0 aliphatic rings. The lowest BCUT2D eigenvalue weighted by atomic mass is 10.1. The minimum absolute atomic E-state index is 0.148. The number of carbonyl (C=O) groups excluding carboxylic acids is 1. The van der Waals surface area contributed by atoms with Crippen LogP contribution in [0.5, 0.6) is 0 Å². The first-order valence-corrected chi connectivity index (χ1v) is 8.69. The number of aromatic nitrogens is 2. The Balaban J connectivity index is 1.56. The molecule has 134 valence electrons. The zero-order chi connectivity index (χ0) is 18.5. The van der Waals surface area contributed by atoms with Gasteiger partial charge in [0.1, 0.15) is 0 Å². The van der Waals surface area contributed by atoms with Crippen LogP contribution in [-0.2, 0) is 0 Å². The number of aliphatic hydroxyl groups is 1. The largest absolute Gasteiger partial charge is 0.388 e. The van der Waals surface area contributed by atoms with Crippen molar-refractivity contribution in [2.45, 2.75) is 26.4 Å². The van der Waals surface area contributed by atoms with Crippen LogP contribution in [-0.4, -0.2) is 27.3 Å². The molecule has 1 atom stereocenters. The van der Waals surface area contributed by atoms with E-state index in [2.05, 4.69) is 10.4 Å². The second kappa shape index (κ2) is 7.97. The molecule has 5 heteroatoms. The molecule has 2 N–H and O–H groups in total. The summed E-state index contributed by atoms with van der Waals surface area (Å²) in [6.45, 7) is 4.36. The van der Waals surface area contributed by atoms with Crippen molar-refractivity contribution in [3.63, 3.8) is 0 Å². The molecule has 0 aliphatic carbocycles.